The summed E-state index contributed by atoms with van der Waals surface area (Å²) >= 11 is 6.07. The van der Waals surface area contributed by atoms with Gasteiger partial charge in [-0.3, -0.25) is 4.79 Å². The molecule has 1 N–H and O–H groups in total. The third kappa shape index (κ3) is 4.21. The van der Waals surface area contributed by atoms with Gasteiger partial charge in [0.2, 0.25) is 0 Å². The Balaban J connectivity index is 1.71. The van der Waals surface area contributed by atoms with Gasteiger partial charge in [0.05, 0.1) is 22.3 Å². The molecule has 3 aromatic carbocycles. The van der Waals surface area contributed by atoms with Crippen LogP contribution in [-0.4, -0.2) is 5.91 Å². The normalized spacial score (nSPS) is 10.0. The smallest absolute Gasteiger partial charge is 0.255 e. The lowest BCUT2D eigenvalue weighted by molar-refractivity contribution is 0.102. The van der Waals surface area contributed by atoms with E-state index in [4.69, 9.17) is 21.6 Å². The first-order chi connectivity index (χ1) is 12.7. The van der Waals surface area contributed by atoms with Crippen molar-refractivity contribution in [1.82, 2.24) is 0 Å². The number of nitriles is 1. The lowest BCUT2D eigenvalue weighted by Gasteiger charge is -2.10. The number of para-hydroxylation sites is 1. The molecule has 5 heteroatoms. The van der Waals surface area contributed by atoms with E-state index in [0.717, 1.165) is 5.56 Å². The summed E-state index contributed by atoms with van der Waals surface area (Å²) in [7, 11) is 0. The number of nitrogens with one attached hydrogen (secondary N) is 1. The van der Waals surface area contributed by atoms with Crippen molar-refractivity contribution < 1.29 is 9.53 Å². The molecule has 0 saturated carbocycles. The van der Waals surface area contributed by atoms with Crippen molar-refractivity contribution in [3.8, 4) is 11.8 Å². The number of hydrogen-bond acceptors (Lipinski definition) is 3. The van der Waals surface area contributed by atoms with Crippen LogP contribution < -0.4 is 10.1 Å². The number of amides is 1. The van der Waals surface area contributed by atoms with Gasteiger partial charge in [0.25, 0.3) is 5.91 Å². The number of nitrogens with zero attached hydrogens (tertiary/aromatic N) is 1. The van der Waals surface area contributed by atoms with Crippen molar-refractivity contribution in [2.45, 2.75) is 6.61 Å². The van der Waals surface area contributed by atoms with Crippen LogP contribution in [0.5, 0.6) is 5.75 Å². The summed E-state index contributed by atoms with van der Waals surface area (Å²) in [5.41, 5.74) is 2.37. The van der Waals surface area contributed by atoms with Crippen molar-refractivity contribution in [2.75, 3.05) is 5.32 Å². The molecule has 0 atom stereocenters. The van der Waals surface area contributed by atoms with E-state index in [9.17, 15) is 4.79 Å². The summed E-state index contributed by atoms with van der Waals surface area (Å²) in [4.78, 5) is 12.4. The molecule has 0 bridgehead atoms. The molecule has 1 amide bonds. The van der Waals surface area contributed by atoms with Crippen LogP contribution in [0.1, 0.15) is 21.5 Å². The molecule has 0 spiro atoms. The van der Waals surface area contributed by atoms with E-state index in [1.807, 2.05) is 18.2 Å². The Hall–Kier alpha value is -3.29. The summed E-state index contributed by atoms with van der Waals surface area (Å²) in [6.45, 7) is 0.249. The van der Waals surface area contributed by atoms with Crippen molar-refractivity contribution in [2.24, 2.45) is 0 Å². The van der Waals surface area contributed by atoms with Gasteiger partial charge >= 0.3 is 0 Å². The van der Waals surface area contributed by atoms with E-state index < -0.39 is 0 Å². The number of carbonyl (C=O) groups is 1. The van der Waals surface area contributed by atoms with E-state index in [1.165, 1.54) is 0 Å². The number of anilines is 1. The number of benzene rings is 3. The lowest BCUT2D eigenvalue weighted by atomic mass is 10.1. The molecule has 0 fully saturated rings. The maximum atomic E-state index is 12.4. The van der Waals surface area contributed by atoms with Gasteiger partial charge in [0, 0.05) is 11.1 Å². The summed E-state index contributed by atoms with van der Waals surface area (Å²) in [6.07, 6.45) is 0. The maximum Gasteiger partial charge on any atom is 0.255 e. The van der Waals surface area contributed by atoms with E-state index in [-0.39, 0.29) is 12.5 Å². The minimum Gasteiger partial charge on any atom is -0.489 e. The van der Waals surface area contributed by atoms with Gasteiger partial charge in [-0.1, -0.05) is 48.0 Å². The molecule has 26 heavy (non-hydrogen) atoms. The molecule has 3 rings (SSSR count). The zero-order valence-corrected chi connectivity index (χ0v) is 14.5. The Morgan fingerprint density at radius 1 is 1.04 bits per heavy atom. The molecule has 0 aliphatic carbocycles. The maximum absolute atomic E-state index is 12.4. The molecule has 0 heterocycles. The van der Waals surface area contributed by atoms with Gasteiger partial charge in [-0.15, -0.1) is 0 Å². The average Bonchev–Trinajstić information content (AvgIpc) is 2.68. The predicted octanol–water partition coefficient (Wildman–Crippen LogP) is 5.04. The summed E-state index contributed by atoms with van der Waals surface area (Å²) in [5.74, 6) is 0.269. The molecule has 0 saturated heterocycles. The van der Waals surface area contributed by atoms with Gasteiger partial charge in [-0.25, -0.2) is 0 Å². The van der Waals surface area contributed by atoms with Crippen LogP contribution in [0.3, 0.4) is 0 Å². The van der Waals surface area contributed by atoms with E-state index >= 15 is 0 Å². The van der Waals surface area contributed by atoms with Crippen LogP contribution in [0.2, 0.25) is 5.02 Å². The predicted molar refractivity (Wildman–Crippen MR) is 101 cm³/mol. The first-order valence-corrected chi connectivity index (χ1v) is 8.32. The Morgan fingerprint density at radius 2 is 1.81 bits per heavy atom. The van der Waals surface area contributed by atoms with E-state index in [0.29, 0.717) is 27.6 Å². The highest BCUT2D eigenvalue weighted by Crippen LogP contribution is 2.22. The van der Waals surface area contributed by atoms with E-state index in [1.54, 1.807) is 54.6 Å². The molecule has 0 aromatic heterocycles. The van der Waals surface area contributed by atoms with Crippen LogP contribution in [-0.2, 0) is 6.61 Å². The van der Waals surface area contributed by atoms with Crippen molar-refractivity contribution in [3.05, 3.63) is 94.5 Å². The zero-order chi connectivity index (χ0) is 18.4. The topological polar surface area (TPSA) is 62.1 Å². The fourth-order valence-corrected chi connectivity index (χ4v) is 2.58. The van der Waals surface area contributed by atoms with Crippen molar-refractivity contribution in [1.29, 1.82) is 5.26 Å². The monoisotopic (exact) mass is 362 g/mol. The van der Waals surface area contributed by atoms with Crippen molar-refractivity contribution >= 4 is 23.2 Å². The molecule has 128 valence electrons. The SMILES string of the molecule is N#Cc1ccccc1COc1cccc(C(=O)Nc2ccccc2Cl)c1. The van der Waals surface area contributed by atoms with Gasteiger partial charge in [-0.2, -0.15) is 5.26 Å². The number of halogens is 1. The standard InChI is InChI=1S/C21H15ClN2O2/c22-19-10-3-4-11-20(19)24-21(25)15-8-5-9-18(12-15)26-14-17-7-2-1-6-16(17)13-23/h1-12H,14H2,(H,24,25). The Bertz CT molecular complexity index is 979. The number of ether oxygens (including phenoxy) is 1. The molecular weight excluding hydrogens is 348 g/mol. The van der Waals surface area contributed by atoms with Crippen molar-refractivity contribution in [3.63, 3.8) is 0 Å². The second kappa shape index (κ2) is 8.19. The highest BCUT2D eigenvalue weighted by atomic mass is 35.5. The second-order valence-electron chi connectivity index (χ2n) is 5.52. The molecule has 0 aliphatic heterocycles. The Kier molecular flexibility index (Phi) is 5.52. The molecular formula is C21H15ClN2O2. The molecule has 0 radical (unpaired) electrons. The fraction of sp³-hybridized carbons (Fsp3) is 0.0476. The second-order valence-corrected chi connectivity index (χ2v) is 5.93. The Morgan fingerprint density at radius 3 is 2.62 bits per heavy atom. The molecule has 3 aromatic rings. The van der Waals surface area contributed by atoms with Gasteiger partial charge in [-0.05, 0) is 36.4 Å². The van der Waals surface area contributed by atoms with Gasteiger partial charge < -0.3 is 10.1 Å². The third-order valence-electron chi connectivity index (χ3n) is 3.75. The van der Waals surface area contributed by atoms with Crippen LogP contribution in [0.4, 0.5) is 5.69 Å². The van der Waals surface area contributed by atoms with Crippen LogP contribution in [0.25, 0.3) is 0 Å². The highest BCUT2D eigenvalue weighted by Gasteiger charge is 2.10. The molecule has 4 nitrogen and oxygen atoms in total. The summed E-state index contributed by atoms with van der Waals surface area (Å²) in [5, 5.41) is 12.4. The fourth-order valence-electron chi connectivity index (χ4n) is 2.40. The Labute approximate surface area is 156 Å². The minimum atomic E-state index is -0.277. The van der Waals surface area contributed by atoms with E-state index in [2.05, 4.69) is 11.4 Å². The third-order valence-corrected chi connectivity index (χ3v) is 4.08. The van der Waals surface area contributed by atoms with Crippen LogP contribution in [0, 0.1) is 11.3 Å². The van der Waals surface area contributed by atoms with Crippen LogP contribution in [0.15, 0.2) is 72.8 Å². The quantitative estimate of drug-likeness (QED) is 0.691. The molecule has 0 aliphatic rings. The van der Waals surface area contributed by atoms with Gasteiger partial charge in [0.15, 0.2) is 0 Å². The minimum absolute atomic E-state index is 0.249. The zero-order valence-electron chi connectivity index (χ0n) is 13.8. The summed E-state index contributed by atoms with van der Waals surface area (Å²) in [6, 6.07) is 23.3. The lowest BCUT2D eigenvalue weighted by Crippen LogP contribution is -2.12. The van der Waals surface area contributed by atoms with Gasteiger partial charge in [0.1, 0.15) is 12.4 Å². The first kappa shape index (κ1) is 17.5. The van der Waals surface area contributed by atoms with Crippen LogP contribution >= 0.6 is 11.6 Å². The first-order valence-electron chi connectivity index (χ1n) is 7.94. The highest BCUT2D eigenvalue weighted by molar-refractivity contribution is 6.33. The largest absolute Gasteiger partial charge is 0.489 e. The number of carbonyl (C=O) groups excluding carboxylic acids is 1. The number of hydrogen-bond donors (Lipinski definition) is 1. The summed E-state index contributed by atoms with van der Waals surface area (Å²) < 4.78 is 5.74. The average molecular weight is 363 g/mol. The number of rotatable bonds is 5. The molecule has 0 unspecified atom stereocenters.